The molecule has 0 aliphatic carbocycles. The summed E-state index contributed by atoms with van der Waals surface area (Å²) in [6.07, 6.45) is -0.0671. The number of sulfone groups is 1. The third-order valence-corrected chi connectivity index (χ3v) is 6.26. The van der Waals surface area contributed by atoms with E-state index in [2.05, 4.69) is 0 Å². The van der Waals surface area contributed by atoms with E-state index in [0.717, 1.165) is 0 Å². The number of rotatable bonds is 5. The summed E-state index contributed by atoms with van der Waals surface area (Å²) >= 11 is 5.91. The van der Waals surface area contributed by atoms with Crippen LogP contribution in [-0.2, 0) is 14.6 Å². The van der Waals surface area contributed by atoms with Crippen LogP contribution in [0.3, 0.4) is 0 Å². The van der Waals surface area contributed by atoms with Gasteiger partial charge in [-0.3, -0.25) is 4.79 Å². The zero-order chi connectivity index (χ0) is 18.0. The Morgan fingerprint density at radius 2 is 1.54 bits per heavy atom. The van der Waals surface area contributed by atoms with E-state index in [1.54, 1.807) is 75.4 Å². The van der Waals surface area contributed by atoms with E-state index in [0.29, 0.717) is 10.6 Å². The average molecular weight is 365 g/mol. The third kappa shape index (κ3) is 4.25. The Labute approximate surface area is 148 Å². The zero-order valence-electron chi connectivity index (χ0n) is 14.0. The molecule has 0 aromatic heterocycles. The van der Waals surface area contributed by atoms with Gasteiger partial charge in [0.25, 0.3) is 0 Å². The summed E-state index contributed by atoms with van der Waals surface area (Å²) in [6.45, 7) is 5.39. The quantitative estimate of drug-likeness (QED) is 0.761. The SMILES string of the molecule is CC(C)(C)C(=O)CC(c1ccc(Cl)cc1)S(=O)(=O)c1ccccc1. The van der Waals surface area contributed by atoms with Crippen LogP contribution in [0.15, 0.2) is 59.5 Å². The van der Waals surface area contributed by atoms with Crippen molar-refractivity contribution in [2.45, 2.75) is 37.3 Å². The van der Waals surface area contributed by atoms with Crippen LogP contribution in [0.5, 0.6) is 0 Å². The fourth-order valence-electron chi connectivity index (χ4n) is 2.33. The fourth-order valence-corrected chi connectivity index (χ4v) is 4.21. The number of carbonyl (C=O) groups is 1. The van der Waals surface area contributed by atoms with Gasteiger partial charge in [0.05, 0.1) is 10.1 Å². The van der Waals surface area contributed by atoms with Crippen molar-refractivity contribution in [2.24, 2.45) is 5.41 Å². The van der Waals surface area contributed by atoms with Gasteiger partial charge in [-0.25, -0.2) is 8.42 Å². The van der Waals surface area contributed by atoms with Gasteiger partial charge < -0.3 is 0 Å². The molecule has 1 unspecified atom stereocenters. The summed E-state index contributed by atoms with van der Waals surface area (Å²) in [5.74, 6) is -0.0954. The highest BCUT2D eigenvalue weighted by Crippen LogP contribution is 2.35. The predicted octanol–water partition coefficient (Wildman–Crippen LogP) is 4.86. The lowest BCUT2D eigenvalue weighted by Gasteiger charge is -2.23. The van der Waals surface area contributed by atoms with Crippen LogP contribution in [0.4, 0.5) is 0 Å². The third-order valence-electron chi connectivity index (χ3n) is 3.90. The fraction of sp³-hybridized carbons (Fsp3) is 0.316. The number of benzene rings is 2. The van der Waals surface area contributed by atoms with Gasteiger partial charge in [0.2, 0.25) is 0 Å². The second kappa shape index (κ2) is 7.08. The van der Waals surface area contributed by atoms with Gasteiger partial charge in [0.1, 0.15) is 5.78 Å². The van der Waals surface area contributed by atoms with E-state index in [1.165, 1.54) is 0 Å². The molecule has 0 bridgehead atoms. The molecule has 0 heterocycles. The van der Waals surface area contributed by atoms with Gasteiger partial charge in [0, 0.05) is 16.9 Å². The van der Waals surface area contributed by atoms with Crippen molar-refractivity contribution in [1.82, 2.24) is 0 Å². The van der Waals surface area contributed by atoms with Gasteiger partial charge >= 0.3 is 0 Å². The summed E-state index contributed by atoms with van der Waals surface area (Å²) in [5.41, 5.74) is -0.0301. The molecule has 5 heteroatoms. The highest BCUT2D eigenvalue weighted by atomic mass is 35.5. The van der Waals surface area contributed by atoms with Crippen molar-refractivity contribution in [3.8, 4) is 0 Å². The Bertz CT molecular complexity index is 804. The molecule has 0 aliphatic heterocycles. The number of Topliss-reactive ketones (excluding diaryl/α,β-unsaturated/α-hetero) is 1. The molecule has 128 valence electrons. The normalized spacial score (nSPS) is 13.5. The first-order valence-electron chi connectivity index (χ1n) is 7.70. The monoisotopic (exact) mass is 364 g/mol. The summed E-state index contributed by atoms with van der Waals surface area (Å²) in [4.78, 5) is 12.7. The van der Waals surface area contributed by atoms with E-state index in [4.69, 9.17) is 11.6 Å². The molecule has 2 aromatic rings. The van der Waals surface area contributed by atoms with Gasteiger partial charge in [-0.15, -0.1) is 0 Å². The second-order valence-corrected chi connectivity index (χ2v) is 9.34. The Morgan fingerprint density at radius 3 is 2.04 bits per heavy atom. The molecular weight excluding hydrogens is 344 g/mol. The molecule has 0 amide bonds. The van der Waals surface area contributed by atoms with E-state index in [1.807, 2.05) is 0 Å². The summed E-state index contributed by atoms with van der Waals surface area (Å²) in [6, 6.07) is 14.9. The first kappa shape index (κ1) is 18.7. The lowest BCUT2D eigenvalue weighted by atomic mass is 9.87. The lowest BCUT2D eigenvalue weighted by Crippen LogP contribution is -2.25. The molecule has 0 fully saturated rings. The van der Waals surface area contributed by atoms with Crippen molar-refractivity contribution in [3.63, 3.8) is 0 Å². The minimum Gasteiger partial charge on any atom is -0.299 e. The maximum absolute atomic E-state index is 13.1. The Balaban J connectivity index is 2.50. The Hall–Kier alpha value is -1.65. The lowest BCUT2D eigenvalue weighted by molar-refractivity contribution is -0.126. The van der Waals surface area contributed by atoms with Crippen LogP contribution in [0.25, 0.3) is 0 Å². The van der Waals surface area contributed by atoms with Crippen LogP contribution >= 0.6 is 11.6 Å². The average Bonchev–Trinajstić information content (AvgIpc) is 2.53. The van der Waals surface area contributed by atoms with Gasteiger partial charge in [0.15, 0.2) is 9.84 Å². The smallest absolute Gasteiger partial charge is 0.185 e. The molecule has 0 radical (unpaired) electrons. The molecule has 2 aromatic carbocycles. The van der Waals surface area contributed by atoms with Gasteiger partial charge in [-0.1, -0.05) is 62.7 Å². The van der Waals surface area contributed by atoms with E-state index < -0.39 is 20.5 Å². The highest BCUT2D eigenvalue weighted by molar-refractivity contribution is 7.91. The largest absolute Gasteiger partial charge is 0.299 e. The maximum Gasteiger partial charge on any atom is 0.185 e. The van der Waals surface area contributed by atoms with E-state index in [-0.39, 0.29) is 17.1 Å². The van der Waals surface area contributed by atoms with E-state index >= 15 is 0 Å². The van der Waals surface area contributed by atoms with Gasteiger partial charge in [-0.2, -0.15) is 0 Å². The molecule has 3 nitrogen and oxygen atoms in total. The van der Waals surface area contributed by atoms with E-state index in [9.17, 15) is 13.2 Å². The molecule has 0 saturated heterocycles. The van der Waals surface area contributed by atoms with Crippen LogP contribution in [0.2, 0.25) is 5.02 Å². The number of halogens is 1. The molecule has 0 N–H and O–H groups in total. The topological polar surface area (TPSA) is 51.2 Å². The first-order chi connectivity index (χ1) is 11.1. The van der Waals surface area contributed by atoms with Crippen LogP contribution in [0.1, 0.15) is 38.0 Å². The van der Waals surface area contributed by atoms with Crippen molar-refractivity contribution in [1.29, 1.82) is 0 Å². The molecule has 0 saturated carbocycles. The highest BCUT2D eigenvalue weighted by Gasteiger charge is 2.34. The predicted molar refractivity (Wildman–Crippen MR) is 96.9 cm³/mol. The number of ketones is 1. The van der Waals surface area contributed by atoms with Crippen LogP contribution in [0, 0.1) is 5.41 Å². The number of hydrogen-bond donors (Lipinski definition) is 0. The Morgan fingerprint density at radius 1 is 1.00 bits per heavy atom. The zero-order valence-corrected chi connectivity index (χ0v) is 15.6. The summed E-state index contributed by atoms with van der Waals surface area (Å²) < 4.78 is 26.2. The van der Waals surface area contributed by atoms with Crippen molar-refractivity contribution >= 4 is 27.2 Å². The standard InChI is InChI=1S/C19H21ClO3S/c1-19(2,3)18(21)13-17(14-9-11-15(20)12-10-14)24(22,23)16-7-5-4-6-8-16/h4-12,17H,13H2,1-3H3. The van der Waals surface area contributed by atoms with Crippen molar-refractivity contribution in [2.75, 3.05) is 0 Å². The molecule has 2 rings (SSSR count). The number of hydrogen-bond acceptors (Lipinski definition) is 3. The molecule has 0 aliphatic rings. The Kier molecular flexibility index (Phi) is 5.51. The summed E-state index contributed by atoms with van der Waals surface area (Å²) in [7, 11) is -3.69. The summed E-state index contributed by atoms with van der Waals surface area (Å²) in [5, 5.41) is -0.402. The van der Waals surface area contributed by atoms with Crippen molar-refractivity contribution in [3.05, 3.63) is 65.2 Å². The minimum absolute atomic E-state index is 0.0671. The number of carbonyl (C=O) groups excluding carboxylic acids is 1. The first-order valence-corrected chi connectivity index (χ1v) is 9.62. The molecule has 1 atom stereocenters. The minimum atomic E-state index is -3.69. The maximum atomic E-state index is 13.1. The van der Waals surface area contributed by atoms with Gasteiger partial charge in [-0.05, 0) is 29.8 Å². The molecule has 0 spiro atoms. The molecule has 24 heavy (non-hydrogen) atoms. The van der Waals surface area contributed by atoms with Crippen LogP contribution in [-0.4, -0.2) is 14.2 Å². The van der Waals surface area contributed by atoms with Crippen molar-refractivity contribution < 1.29 is 13.2 Å². The molecular formula is C19H21ClO3S. The second-order valence-electron chi connectivity index (χ2n) is 6.78. The van der Waals surface area contributed by atoms with Crippen LogP contribution < -0.4 is 0 Å².